The van der Waals surface area contributed by atoms with Gasteiger partial charge >= 0.3 is 5.97 Å². The van der Waals surface area contributed by atoms with Gasteiger partial charge in [-0.15, -0.1) is 0 Å². The summed E-state index contributed by atoms with van der Waals surface area (Å²) in [5, 5.41) is 0. The quantitative estimate of drug-likeness (QED) is 0.731. The summed E-state index contributed by atoms with van der Waals surface area (Å²) in [6, 6.07) is 8.04. The summed E-state index contributed by atoms with van der Waals surface area (Å²) in [6.07, 6.45) is 3.78. The molecule has 16 heavy (non-hydrogen) atoms. The summed E-state index contributed by atoms with van der Waals surface area (Å²) in [5.74, 6) is 0.0963. The Labute approximate surface area is 94.7 Å². The van der Waals surface area contributed by atoms with E-state index in [-0.39, 0.29) is 5.97 Å². The summed E-state index contributed by atoms with van der Waals surface area (Å²) < 4.78 is 10.1. The Morgan fingerprint density at radius 1 is 1.44 bits per heavy atom. The van der Waals surface area contributed by atoms with Crippen molar-refractivity contribution in [3.63, 3.8) is 0 Å². The van der Waals surface area contributed by atoms with Gasteiger partial charge in [-0.1, -0.05) is 24.3 Å². The molecule has 0 bridgehead atoms. The first-order valence-electron chi connectivity index (χ1n) is 5.26. The van der Waals surface area contributed by atoms with Crippen molar-refractivity contribution in [2.75, 3.05) is 6.61 Å². The molecule has 3 heteroatoms. The van der Waals surface area contributed by atoms with E-state index >= 15 is 0 Å². The highest BCUT2D eigenvalue weighted by molar-refractivity contribution is 5.65. The van der Waals surface area contributed by atoms with Gasteiger partial charge < -0.3 is 9.47 Å². The molecule has 0 aliphatic carbocycles. The summed E-state index contributed by atoms with van der Waals surface area (Å²) in [4.78, 5) is 10.6. The van der Waals surface area contributed by atoms with Gasteiger partial charge in [0.1, 0.15) is 6.61 Å². The summed E-state index contributed by atoms with van der Waals surface area (Å²) >= 11 is 0. The van der Waals surface area contributed by atoms with Crippen LogP contribution in [0, 0.1) is 0 Å². The highest BCUT2D eigenvalue weighted by Crippen LogP contribution is 2.22. The Hall–Kier alpha value is -1.77. The molecule has 1 aromatic carbocycles. The van der Waals surface area contributed by atoms with Crippen molar-refractivity contribution in [1.82, 2.24) is 0 Å². The third-order valence-corrected chi connectivity index (χ3v) is 2.53. The fourth-order valence-electron chi connectivity index (χ4n) is 1.62. The number of hydrogen-bond donors (Lipinski definition) is 0. The maximum atomic E-state index is 10.6. The second-order valence-electron chi connectivity index (χ2n) is 3.79. The van der Waals surface area contributed by atoms with E-state index in [0.717, 1.165) is 5.56 Å². The van der Waals surface area contributed by atoms with Gasteiger partial charge in [0, 0.05) is 12.8 Å². The van der Waals surface area contributed by atoms with E-state index in [9.17, 15) is 4.79 Å². The summed E-state index contributed by atoms with van der Waals surface area (Å²) in [6.45, 7) is 2.46. The third kappa shape index (κ3) is 2.63. The zero-order valence-corrected chi connectivity index (χ0v) is 9.18. The van der Waals surface area contributed by atoms with E-state index in [0.29, 0.717) is 19.1 Å². The second kappa shape index (κ2) is 4.84. The van der Waals surface area contributed by atoms with Crippen LogP contribution in [0.1, 0.15) is 24.0 Å². The van der Waals surface area contributed by atoms with Crippen molar-refractivity contribution in [2.45, 2.75) is 19.4 Å². The van der Waals surface area contributed by atoms with Gasteiger partial charge in [-0.3, -0.25) is 4.79 Å². The molecule has 0 amide bonds. The molecule has 1 atom stereocenters. The molecule has 0 aromatic heterocycles. The molecule has 0 spiro atoms. The molecule has 1 aliphatic heterocycles. The van der Waals surface area contributed by atoms with Crippen molar-refractivity contribution in [1.29, 1.82) is 0 Å². The van der Waals surface area contributed by atoms with E-state index in [2.05, 4.69) is 0 Å². The Kier molecular flexibility index (Phi) is 3.25. The van der Waals surface area contributed by atoms with Crippen LogP contribution in [0.5, 0.6) is 0 Å². The number of rotatable bonds is 3. The van der Waals surface area contributed by atoms with Gasteiger partial charge in [0.15, 0.2) is 0 Å². The Morgan fingerprint density at radius 3 is 2.75 bits per heavy atom. The highest BCUT2D eigenvalue weighted by atomic mass is 16.5. The first-order valence-corrected chi connectivity index (χ1v) is 5.26. The minimum atomic E-state index is -0.254. The fourth-order valence-corrected chi connectivity index (χ4v) is 1.62. The van der Waals surface area contributed by atoms with E-state index in [4.69, 9.17) is 9.47 Å². The first-order chi connectivity index (χ1) is 7.75. The van der Waals surface area contributed by atoms with Crippen LogP contribution in [0.25, 0.3) is 0 Å². The largest absolute Gasteiger partial charge is 0.501 e. The van der Waals surface area contributed by atoms with Crippen LogP contribution in [0.15, 0.2) is 36.6 Å². The predicted octanol–water partition coefficient (Wildman–Crippen LogP) is 2.38. The van der Waals surface area contributed by atoms with Crippen LogP contribution in [0.3, 0.4) is 0 Å². The van der Waals surface area contributed by atoms with Crippen LogP contribution in [0.4, 0.5) is 0 Å². The number of carbonyl (C=O) groups is 1. The number of benzene rings is 1. The number of esters is 1. The number of hydrogen-bond acceptors (Lipinski definition) is 3. The topological polar surface area (TPSA) is 35.5 Å². The SMILES string of the molecule is CC(=O)OCc1ccc(C2C=COC2)cc1. The van der Waals surface area contributed by atoms with Gasteiger partial charge in [0.25, 0.3) is 0 Å². The van der Waals surface area contributed by atoms with Crippen LogP contribution >= 0.6 is 0 Å². The molecule has 1 heterocycles. The molecule has 0 fully saturated rings. The average molecular weight is 218 g/mol. The van der Waals surface area contributed by atoms with Gasteiger partial charge in [-0.25, -0.2) is 0 Å². The minimum absolute atomic E-state index is 0.254. The van der Waals surface area contributed by atoms with E-state index in [1.165, 1.54) is 12.5 Å². The van der Waals surface area contributed by atoms with Gasteiger partial charge in [0.2, 0.25) is 0 Å². The second-order valence-corrected chi connectivity index (χ2v) is 3.79. The predicted molar refractivity (Wildman–Crippen MR) is 59.7 cm³/mol. The fraction of sp³-hybridized carbons (Fsp3) is 0.308. The summed E-state index contributed by atoms with van der Waals surface area (Å²) in [5.41, 5.74) is 2.22. The van der Waals surface area contributed by atoms with E-state index in [1.807, 2.05) is 30.3 Å². The Morgan fingerprint density at radius 2 is 2.19 bits per heavy atom. The molecular weight excluding hydrogens is 204 g/mol. The third-order valence-electron chi connectivity index (χ3n) is 2.53. The van der Waals surface area contributed by atoms with E-state index in [1.54, 1.807) is 6.26 Å². The van der Waals surface area contributed by atoms with Crippen molar-refractivity contribution < 1.29 is 14.3 Å². The van der Waals surface area contributed by atoms with Crippen LogP contribution in [-0.2, 0) is 20.9 Å². The minimum Gasteiger partial charge on any atom is -0.501 e. The molecular formula is C13H14O3. The van der Waals surface area contributed by atoms with Gasteiger partial charge in [-0.05, 0) is 17.2 Å². The Balaban J connectivity index is 1.98. The van der Waals surface area contributed by atoms with Crippen LogP contribution < -0.4 is 0 Å². The summed E-state index contributed by atoms with van der Waals surface area (Å²) in [7, 11) is 0. The van der Waals surface area contributed by atoms with Crippen molar-refractivity contribution in [3.8, 4) is 0 Å². The van der Waals surface area contributed by atoms with Crippen LogP contribution in [-0.4, -0.2) is 12.6 Å². The monoisotopic (exact) mass is 218 g/mol. The zero-order chi connectivity index (χ0) is 11.4. The molecule has 3 nitrogen and oxygen atoms in total. The average Bonchev–Trinajstić information content (AvgIpc) is 2.80. The highest BCUT2D eigenvalue weighted by Gasteiger charge is 2.12. The molecule has 0 radical (unpaired) electrons. The molecule has 0 N–H and O–H groups in total. The van der Waals surface area contributed by atoms with E-state index < -0.39 is 0 Å². The molecule has 0 saturated heterocycles. The van der Waals surface area contributed by atoms with Crippen molar-refractivity contribution in [2.24, 2.45) is 0 Å². The van der Waals surface area contributed by atoms with Crippen LogP contribution in [0.2, 0.25) is 0 Å². The van der Waals surface area contributed by atoms with Crippen molar-refractivity contribution >= 4 is 5.97 Å². The number of ether oxygens (including phenoxy) is 2. The lowest BCUT2D eigenvalue weighted by molar-refractivity contribution is -0.142. The molecule has 84 valence electrons. The standard InChI is InChI=1S/C13H14O3/c1-10(14)16-8-11-2-4-12(5-3-11)13-6-7-15-9-13/h2-7,13H,8-9H2,1H3. The maximum Gasteiger partial charge on any atom is 0.302 e. The maximum absolute atomic E-state index is 10.6. The lowest BCUT2D eigenvalue weighted by Gasteiger charge is -2.08. The molecule has 1 aliphatic rings. The Bertz CT molecular complexity index is 392. The first kappa shape index (κ1) is 10.7. The van der Waals surface area contributed by atoms with Gasteiger partial charge in [0.05, 0.1) is 12.9 Å². The number of carbonyl (C=O) groups excluding carboxylic acids is 1. The zero-order valence-electron chi connectivity index (χ0n) is 9.18. The smallest absolute Gasteiger partial charge is 0.302 e. The lowest BCUT2D eigenvalue weighted by atomic mass is 10.00. The van der Waals surface area contributed by atoms with Gasteiger partial charge in [-0.2, -0.15) is 0 Å². The molecule has 2 rings (SSSR count). The molecule has 1 aromatic rings. The normalized spacial score (nSPS) is 18.2. The molecule has 0 saturated carbocycles. The molecule has 1 unspecified atom stereocenters. The van der Waals surface area contributed by atoms with Crippen molar-refractivity contribution in [3.05, 3.63) is 47.7 Å². The lowest BCUT2D eigenvalue weighted by Crippen LogP contribution is -2.00.